The summed E-state index contributed by atoms with van der Waals surface area (Å²) in [7, 11) is 0. The number of ketones is 2. The highest BCUT2D eigenvalue weighted by Crippen LogP contribution is 2.43. The van der Waals surface area contributed by atoms with Crippen LogP contribution in [0.4, 0.5) is 5.69 Å². The van der Waals surface area contributed by atoms with E-state index < -0.39 is 0 Å². The Morgan fingerprint density at radius 1 is 0.957 bits per heavy atom. The Balaban J connectivity index is 2.03. The zero-order chi connectivity index (χ0) is 16.1. The first-order chi connectivity index (χ1) is 11.1. The van der Waals surface area contributed by atoms with Crippen LogP contribution in [-0.4, -0.2) is 29.8 Å². The normalized spacial score (nSPS) is 16.5. The molecule has 0 radical (unpaired) electrons. The van der Waals surface area contributed by atoms with Crippen LogP contribution in [-0.2, 0) is 0 Å². The monoisotopic (exact) mass is 371 g/mol. The lowest BCUT2D eigenvalue weighted by atomic mass is 9.82. The highest BCUT2D eigenvalue weighted by molar-refractivity contribution is 9.10. The first kappa shape index (κ1) is 14.5. The molecule has 0 atom stereocenters. The van der Waals surface area contributed by atoms with Crippen LogP contribution in [0.1, 0.15) is 44.7 Å². The van der Waals surface area contributed by atoms with Crippen molar-refractivity contribution in [1.82, 2.24) is 0 Å². The molecule has 2 aromatic carbocycles. The van der Waals surface area contributed by atoms with Crippen LogP contribution in [0.25, 0.3) is 0 Å². The molecule has 1 saturated heterocycles. The van der Waals surface area contributed by atoms with Crippen molar-refractivity contribution in [3.8, 4) is 5.75 Å². The van der Waals surface area contributed by atoms with Gasteiger partial charge in [-0.05, 0) is 34.8 Å². The molecule has 1 N–H and O–H groups in total. The van der Waals surface area contributed by atoms with Crippen LogP contribution < -0.4 is 4.90 Å². The summed E-state index contributed by atoms with van der Waals surface area (Å²) >= 11 is 3.46. The minimum Gasteiger partial charge on any atom is -0.507 e. The molecule has 0 aromatic heterocycles. The lowest BCUT2D eigenvalue weighted by molar-refractivity contribution is 0.0977. The number of carbonyl (C=O) groups is 2. The molecule has 5 heteroatoms. The van der Waals surface area contributed by atoms with Crippen molar-refractivity contribution in [3.05, 3.63) is 57.1 Å². The maximum absolute atomic E-state index is 13.0. The minimum atomic E-state index is -0.291. The number of aromatic hydroxyl groups is 1. The number of fused-ring (bicyclic) bond motifs is 2. The number of benzene rings is 2. The smallest absolute Gasteiger partial charge is 0.198 e. The van der Waals surface area contributed by atoms with Crippen LogP contribution in [0.15, 0.2) is 34.8 Å². The summed E-state index contributed by atoms with van der Waals surface area (Å²) in [4.78, 5) is 27.9. The van der Waals surface area contributed by atoms with Gasteiger partial charge in [-0.25, -0.2) is 0 Å². The molecule has 0 amide bonds. The Labute approximate surface area is 141 Å². The highest BCUT2D eigenvalue weighted by atomic mass is 79.9. The summed E-state index contributed by atoms with van der Waals surface area (Å²) < 4.78 is 0.649. The number of hydrogen-bond donors (Lipinski definition) is 1. The van der Waals surface area contributed by atoms with E-state index in [-0.39, 0.29) is 22.9 Å². The number of phenolic OH excluding ortho intramolecular Hbond substituents is 1. The fourth-order valence-corrected chi connectivity index (χ4v) is 4.14. The molecule has 4 rings (SSSR count). The second-order valence-corrected chi connectivity index (χ2v) is 6.73. The summed E-state index contributed by atoms with van der Waals surface area (Å²) in [5, 5.41) is 10.3. The Hall–Kier alpha value is -2.14. The Bertz CT molecular complexity index is 854. The van der Waals surface area contributed by atoms with Gasteiger partial charge in [-0.2, -0.15) is 0 Å². The van der Waals surface area contributed by atoms with Gasteiger partial charge in [-0.1, -0.05) is 24.3 Å². The number of halogens is 1. The lowest BCUT2D eigenvalue weighted by Crippen LogP contribution is -2.27. The molecule has 4 nitrogen and oxygen atoms in total. The summed E-state index contributed by atoms with van der Waals surface area (Å²) in [6.45, 7) is 1.69. The molecule has 1 heterocycles. The molecule has 0 spiro atoms. The standard InChI is InChI=1S/C18H14BrNO3/c19-12-9-13(21)14-15(16(12)20-7-3-4-8-20)18(23)11-6-2-1-5-10(11)17(14)22/h1-2,5-6,9,21H,3-4,7-8H2. The van der Waals surface area contributed by atoms with Crippen molar-refractivity contribution < 1.29 is 14.7 Å². The van der Waals surface area contributed by atoms with Gasteiger partial charge in [0.1, 0.15) is 5.75 Å². The molecule has 2 aromatic rings. The third kappa shape index (κ3) is 2.03. The molecule has 1 aliphatic carbocycles. The molecule has 0 saturated carbocycles. The molecule has 0 unspecified atom stereocenters. The second-order valence-electron chi connectivity index (χ2n) is 5.87. The molecule has 23 heavy (non-hydrogen) atoms. The average Bonchev–Trinajstić information content (AvgIpc) is 3.06. The maximum atomic E-state index is 13.0. The number of phenols is 1. The first-order valence-electron chi connectivity index (χ1n) is 7.58. The maximum Gasteiger partial charge on any atom is 0.198 e. The van der Waals surface area contributed by atoms with Gasteiger partial charge in [0, 0.05) is 28.7 Å². The van der Waals surface area contributed by atoms with Crippen molar-refractivity contribution in [2.24, 2.45) is 0 Å². The first-order valence-corrected chi connectivity index (χ1v) is 8.37. The largest absolute Gasteiger partial charge is 0.507 e. The molecule has 116 valence electrons. The quantitative estimate of drug-likeness (QED) is 0.710. The van der Waals surface area contributed by atoms with Crippen LogP contribution in [0, 0.1) is 0 Å². The van der Waals surface area contributed by atoms with E-state index in [4.69, 9.17) is 0 Å². The lowest BCUT2D eigenvalue weighted by Gasteiger charge is -2.27. The summed E-state index contributed by atoms with van der Waals surface area (Å²) in [5.41, 5.74) is 1.93. The molecule has 1 aliphatic heterocycles. The number of hydrogen-bond acceptors (Lipinski definition) is 4. The van der Waals surface area contributed by atoms with E-state index in [0.717, 1.165) is 31.6 Å². The number of nitrogens with zero attached hydrogens (tertiary/aromatic N) is 1. The summed E-state index contributed by atoms with van der Waals surface area (Å²) in [6, 6.07) is 8.31. The fourth-order valence-electron chi connectivity index (χ4n) is 3.48. The van der Waals surface area contributed by atoms with E-state index >= 15 is 0 Å². The van der Waals surface area contributed by atoms with Gasteiger partial charge in [-0.15, -0.1) is 0 Å². The van der Waals surface area contributed by atoms with E-state index in [9.17, 15) is 14.7 Å². The van der Waals surface area contributed by atoms with Crippen molar-refractivity contribution in [2.75, 3.05) is 18.0 Å². The highest BCUT2D eigenvalue weighted by Gasteiger charge is 2.36. The van der Waals surface area contributed by atoms with Gasteiger partial charge in [0.15, 0.2) is 11.6 Å². The van der Waals surface area contributed by atoms with Crippen LogP contribution in [0.2, 0.25) is 0 Å². The predicted molar refractivity (Wildman–Crippen MR) is 90.6 cm³/mol. The Morgan fingerprint density at radius 2 is 1.52 bits per heavy atom. The number of carbonyl (C=O) groups excluding carboxylic acids is 2. The topological polar surface area (TPSA) is 57.6 Å². The van der Waals surface area contributed by atoms with Crippen LogP contribution >= 0.6 is 15.9 Å². The van der Waals surface area contributed by atoms with E-state index in [2.05, 4.69) is 20.8 Å². The zero-order valence-electron chi connectivity index (χ0n) is 12.3. The molecular weight excluding hydrogens is 358 g/mol. The van der Waals surface area contributed by atoms with Crippen molar-refractivity contribution in [2.45, 2.75) is 12.8 Å². The zero-order valence-corrected chi connectivity index (χ0v) is 13.9. The van der Waals surface area contributed by atoms with Crippen LogP contribution in [0.3, 0.4) is 0 Å². The SMILES string of the molecule is O=C1c2ccccc2C(=O)c2c1c(O)cc(Br)c2N1CCCC1. The van der Waals surface area contributed by atoms with Gasteiger partial charge < -0.3 is 10.0 Å². The average molecular weight is 372 g/mol. The third-order valence-electron chi connectivity index (χ3n) is 4.53. The van der Waals surface area contributed by atoms with E-state index in [1.54, 1.807) is 24.3 Å². The van der Waals surface area contributed by atoms with Crippen molar-refractivity contribution >= 4 is 33.2 Å². The van der Waals surface area contributed by atoms with Crippen LogP contribution in [0.5, 0.6) is 5.75 Å². The molecule has 1 fully saturated rings. The van der Waals surface area contributed by atoms with E-state index in [1.807, 2.05) is 0 Å². The fraction of sp³-hybridized carbons (Fsp3) is 0.222. The third-order valence-corrected chi connectivity index (χ3v) is 5.13. The van der Waals surface area contributed by atoms with Gasteiger partial charge in [0.25, 0.3) is 0 Å². The van der Waals surface area contributed by atoms with Crippen molar-refractivity contribution in [3.63, 3.8) is 0 Å². The summed E-state index contributed by atoms with van der Waals surface area (Å²) in [5.74, 6) is -0.642. The second kappa shape index (κ2) is 5.20. The Morgan fingerprint density at radius 3 is 2.13 bits per heavy atom. The minimum absolute atomic E-state index is 0.124. The summed E-state index contributed by atoms with van der Waals surface area (Å²) in [6.07, 6.45) is 2.11. The number of rotatable bonds is 1. The molecule has 0 bridgehead atoms. The van der Waals surface area contributed by atoms with Crippen molar-refractivity contribution in [1.29, 1.82) is 0 Å². The molecule has 2 aliphatic rings. The van der Waals surface area contributed by atoms with Gasteiger partial charge >= 0.3 is 0 Å². The van der Waals surface area contributed by atoms with Gasteiger partial charge in [0.2, 0.25) is 0 Å². The Kier molecular flexibility index (Phi) is 3.27. The van der Waals surface area contributed by atoms with Gasteiger partial charge in [0.05, 0.1) is 16.8 Å². The number of anilines is 1. The molecular formula is C18H14BrNO3. The predicted octanol–water partition coefficient (Wildman–Crippen LogP) is 3.53. The van der Waals surface area contributed by atoms with Gasteiger partial charge in [-0.3, -0.25) is 9.59 Å². The van der Waals surface area contributed by atoms with E-state index in [0.29, 0.717) is 21.2 Å². The van der Waals surface area contributed by atoms with E-state index in [1.165, 1.54) is 6.07 Å².